The van der Waals surface area contributed by atoms with Gasteiger partial charge >= 0.3 is 0 Å². The van der Waals surface area contributed by atoms with Gasteiger partial charge in [-0.1, -0.05) is 24.3 Å². The van der Waals surface area contributed by atoms with Crippen LogP contribution < -0.4 is 0 Å². The van der Waals surface area contributed by atoms with Gasteiger partial charge in [0.15, 0.2) is 0 Å². The van der Waals surface area contributed by atoms with Crippen molar-refractivity contribution in [3.05, 3.63) is 35.4 Å². The Hall–Kier alpha value is -0.860. The SMILES string of the molecule is [O]C1OCc2ccccc21. The Morgan fingerprint density at radius 2 is 2.20 bits per heavy atom. The van der Waals surface area contributed by atoms with Gasteiger partial charge in [-0.3, -0.25) is 0 Å². The normalized spacial score (nSPS) is 22.7. The molecule has 0 fully saturated rings. The van der Waals surface area contributed by atoms with Crippen LogP contribution in [-0.2, 0) is 16.5 Å². The number of ether oxygens (including phenoxy) is 1. The Bertz CT molecular complexity index is 245. The van der Waals surface area contributed by atoms with E-state index in [1.165, 1.54) is 0 Å². The molecule has 0 saturated heterocycles. The molecule has 2 heteroatoms. The molecule has 1 atom stereocenters. The maximum atomic E-state index is 10.9. The van der Waals surface area contributed by atoms with Gasteiger partial charge in [-0.05, 0) is 5.56 Å². The summed E-state index contributed by atoms with van der Waals surface area (Å²) in [5.41, 5.74) is 1.82. The van der Waals surface area contributed by atoms with Crippen molar-refractivity contribution in [2.24, 2.45) is 0 Å². The van der Waals surface area contributed by atoms with E-state index in [1.807, 2.05) is 24.3 Å². The number of fused-ring (bicyclic) bond motifs is 1. The first-order chi connectivity index (χ1) is 4.88. The van der Waals surface area contributed by atoms with Gasteiger partial charge in [0.1, 0.15) is 0 Å². The molecule has 1 unspecified atom stereocenters. The molecule has 10 heavy (non-hydrogen) atoms. The van der Waals surface area contributed by atoms with Gasteiger partial charge in [0.05, 0.1) is 6.61 Å². The van der Waals surface area contributed by atoms with Crippen molar-refractivity contribution < 1.29 is 9.84 Å². The summed E-state index contributed by atoms with van der Waals surface area (Å²) in [5.74, 6) is 0. The fourth-order valence-corrected chi connectivity index (χ4v) is 1.15. The van der Waals surface area contributed by atoms with Crippen molar-refractivity contribution in [3.8, 4) is 0 Å². The predicted molar refractivity (Wildman–Crippen MR) is 34.7 cm³/mol. The highest BCUT2D eigenvalue weighted by molar-refractivity contribution is 5.29. The zero-order chi connectivity index (χ0) is 6.97. The second kappa shape index (κ2) is 2.08. The molecule has 2 rings (SSSR count). The van der Waals surface area contributed by atoms with E-state index in [1.54, 1.807) is 0 Å². The molecule has 1 heterocycles. The first-order valence-electron chi connectivity index (χ1n) is 3.23. The number of hydrogen-bond donors (Lipinski definition) is 0. The van der Waals surface area contributed by atoms with Crippen molar-refractivity contribution in [1.29, 1.82) is 0 Å². The van der Waals surface area contributed by atoms with Crippen molar-refractivity contribution in [2.45, 2.75) is 12.9 Å². The maximum absolute atomic E-state index is 10.9. The van der Waals surface area contributed by atoms with Crippen LogP contribution in [0.1, 0.15) is 17.4 Å². The molecule has 0 aliphatic carbocycles. The third-order valence-electron chi connectivity index (χ3n) is 1.70. The quantitative estimate of drug-likeness (QED) is 0.531. The zero-order valence-electron chi connectivity index (χ0n) is 5.41. The monoisotopic (exact) mass is 135 g/mol. The third-order valence-corrected chi connectivity index (χ3v) is 1.70. The largest absolute Gasteiger partial charge is 0.341 e. The van der Waals surface area contributed by atoms with Gasteiger partial charge in [-0.2, -0.15) is 5.11 Å². The molecule has 1 aliphatic heterocycles. The summed E-state index contributed by atoms with van der Waals surface area (Å²) >= 11 is 0. The molecule has 0 saturated carbocycles. The fourth-order valence-electron chi connectivity index (χ4n) is 1.15. The summed E-state index contributed by atoms with van der Waals surface area (Å²) in [7, 11) is 0. The molecule has 1 radical (unpaired) electrons. The molecule has 1 aromatic carbocycles. The standard InChI is InChI=1S/C8H7O2/c9-8-7-4-2-1-3-6(7)5-10-8/h1-4,8H,5H2. The highest BCUT2D eigenvalue weighted by atomic mass is 16.6. The van der Waals surface area contributed by atoms with E-state index in [9.17, 15) is 5.11 Å². The summed E-state index contributed by atoms with van der Waals surface area (Å²) in [5, 5.41) is 10.9. The molecule has 2 nitrogen and oxygen atoms in total. The predicted octanol–water partition coefficient (Wildman–Crippen LogP) is 1.65. The lowest BCUT2D eigenvalue weighted by Gasteiger charge is -1.96. The molecule has 0 spiro atoms. The minimum atomic E-state index is -0.948. The van der Waals surface area contributed by atoms with Crippen molar-refractivity contribution in [2.75, 3.05) is 0 Å². The molecule has 0 bridgehead atoms. The Morgan fingerprint density at radius 3 is 3.00 bits per heavy atom. The Morgan fingerprint density at radius 1 is 1.40 bits per heavy atom. The van der Waals surface area contributed by atoms with Gasteiger partial charge < -0.3 is 4.74 Å². The summed E-state index contributed by atoms with van der Waals surface area (Å²) in [6, 6.07) is 7.52. The van der Waals surface area contributed by atoms with E-state index in [-0.39, 0.29) is 0 Å². The highest BCUT2D eigenvalue weighted by Gasteiger charge is 2.20. The second-order valence-electron chi connectivity index (χ2n) is 2.34. The minimum absolute atomic E-state index is 0.477. The van der Waals surface area contributed by atoms with E-state index in [0.29, 0.717) is 6.61 Å². The Balaban J connectivity index is 2.51. The lowest BCUT2D eigenvalue weighted by molar-refractivity contribution is -0.134. The number of benzene rings is 1. The van der Waals surface area contributed by atoms with E-state index < -0.39 is 6.29 Å². The van der Waals surface area contributed by atoms with E-state index in [0.717, 1.165) is 11.1 Å². The molecule has 1 aliphatic rings. The third kappa shape index (κ3) is 0.735. The highest BCUT2D eigenvalue weighted by Crippen LogP contribution is 2.27. The average Bonchev–Trinajstić information content (AvgIpc) is 2.34. The smallest absolute Gasteiger partial charge is 0.218 e. The van der Waals surface area contributed by atoms with Crippen LogP contribution in [-0.4, -0.2) is 0 Å². The molecular formula is C8H7O2. The van der Waals surface area contributed by atoms with Gasteiger partial charge in [0.2, 0.25) is 6.29 Å². The van der Waals surface area contributed by atoms with E-state index >= 15 is 0 Å². The number of rotatable bonds is 0. The lowest BCUT2D eigenvalue weighted by atomic mass is 10.1. The molecule has 0 aromatic heterocycles. The van der Waals surface area contributed by atoms with E-state index in [2.05, 4.69) is 0 Å². The van der Waals surface area contributed by atoms with Crippen molar-refractivity contribution >= 4 is 0 Å². The maximum Gasteiger partial charge on any atom is 0.218 e. The van der Waals surface area contributed by atoms with Crippen LogP contribution in [0.5, 0.6) is 0 Å². The van der Waals surface area contributed by atoms with Gasteiger partial charge in [-0.15, -0.1) is 0 Å². The second-order valence-corrected chi connectivity index (χ2v) is 2.34. The van der Waals surface area contributed by atoms with Crippen LogP contribution in [0.25, 0.3) is 0 Å². The lowest BCUT2D eigenvalue weighted by Crippen LogP contribution is -1.88. The number of hydrogen-bond acceptors (Lipinski definition) is 1. The molecule has 0 N–H and O–H groups in total. The molecule has 0 amide bonds. The van der Waals surface area contributed by atoms with Gasteiger partial charge in [-0.25, -0.2) is 0 Å². The van der Waals surface area contributed by atoms with Crippen LogP contribution in [0.15, 0.2) is 24.3 Å². The van der Waals surface area contributed by atoms with Crippen molar-refractivity contribution in [3.63, 3.8) is 0 Å². The zero-order valence-corrected chi connectivity index (χ0v) is 5.41. The van der Waals surface area contributed by atoms with Crippen LogP contribution in [0.3, 0.4) is 0 Å². The summed E-state index contributed by atoms with van der Waals surface area (Å²) in [4.78, 5) is 0. The van der Waals surface area contributed by atoms with Crippen LogP contribution in [0.2, 0.25) is 0 Å². The fraction of sp³-hybridized carbons (Fsp3) is 0.250. The Labute approximate surface area is 59.1 Å². The average molecular weight is 135 g/mol. The van der Waals surface area contributed by atoms with E-state index in [4.69, 9.17) is 4.74 Å². The Kier molecular flexibility index (Phi) is 1.22. The van der Waals surface area contributed by atoms with Crippen molar-refractivity contribution in [1.82, 2.24) is 0 Å². The van der Waals surface area contributed by atoms with Crippen LogP contribution >= 0.6 is 0 Å². The molecule has 51 valence electrons. The minimum Gasteiger partial charge on any atom is -0.341 e. The summed E-state index contributed by atoms with van der Waals surface area (Å²) < 4.78 is 4.87. The first kappa shape index (κ1) is 5.89. The van der Waals surface area contributed by atoms with Gasteiger partial charge in [0.25, 0.3) is 0 Å². The molecule has 1 aromatic rings. The first-order valence-corrected chi connectivity index (χ1v) is 3.23. The van der Waals surface area contributed by atoms with Gasteiger partial charge in [0, 0.05) is 5.56 Å². The van der Waals surface area contributed by atoms with Crippen LogP contribution in [0, 0.1) is 0 Å². The molecular weight excluding hydrogens is 128 g/mol. The summed E-state index contributed by atoms with van der Waals surface area (Å²) in [6.45, 7) is 0.477. The summed E-state index contributed by atoms with van der Waals surface area (Å²) in [6.07, 6.45) is -0.948. The topological polar surface area (TPSA) is 29.1 Å². The van der Waals surface area contributed by atoms with Crippen LogP contribution in [0.4, 0.5) is 0 Å².